The van der Waals surface area contributed by atoms with Crippen LogP contribution in [0.1, 0.15) is 11.1 Å². The van der Waals surface area contributed by atoms with Gasteiger partial charge in [-0.05, 0) is 27.1 Å². The van der Waals surface area contributed by atoms with Crippen molar-refractivity contribution in [2.24, 2.45) is 9.98 Å². The van der Waals surface area contributed by atoms with Gasteiger partial charge in [0.1, 0.15) is 5.54 Å². The molecule has 88 valence electrons. The second-order valence-corrected chi connectivity index (χ2v) is 4.85. The third-order valence-corrected chi connectivity index (χ3v) is 3.44. The Kier molecular flexibility index (Phi) is 2.84. The van der Waals surface area contributed by atoms with Crippen LogP contribution in [0.3, 0.4) is 0 Å². The predicted octanol–water partition coefficient (Wildman–Crippen LogP) is 3.77. The Morgan fingerprint density at radius 3 is 1.67 bits per heavy atom. The Morgan fingerprint density at radius 2 is 1.28 bits per heavy atom. The van der Waals surface area contributed by atoms with Gasteiger partial charge in [0, 0.05) is 6.21 Å². The van der Waals surface area contributed by atoms with Crippen molar-refractivity contribution in [1.29, 1.82) is 0 Å². The molecule has 0 saturated heterocycles. The second kappa shape index (κ2) is 4.50. The Morgan fingerprint density at radius 1 is 0.778 bits per heavy atom. The number of benzene rings is 2. The smallest absolute Gasteiger partial charge is 0.193 e. The van der Waals surface area contributed by atoms with E-state index < -0.39 is 5.54 Å². The minimum Gasteiger partial charge on any atom is -0.238 e. The fourth-order valence-electron chi connectivity index (χ4n) is 2.18. The van der Waals surface area contributed by atoms with Gasteiger partial charge in [-0.25, -0.2) is 9.98 Å². The molecule has 1 heterocycles. The van der Waals surface area contributed by atoms with Gasteiger partial charge in [0.15, 0.2) is 4.74 Å². The molecule has 3 heteroatoms. The van der Waals surface area contributed by atoms with Crippen molar-refractivity contribution in [3.63, 3.8) is 0 Å². The van der Waals surface area contributed by atoms with Crippen molar-refractivity contribution in [3.05, 3.63) is 71.8 Å². The van der Waals surface area contributed by atoms with Crippen LogP contribution in [-0.2, 0) is 5.54 Å². The highest BCUT2D eigenvalue weighted by molar-refractivity contribution is 9.18. The van der Waals surface area contributed by atoms with Crippen LogP contribution in [0.15, 0.2) is 70.6 Å². The second-order valence-electron chi connectivity index (χ2n) is 4.14. The third-order valence-electron chi connectivity index (χ3n) is 3.05. The molecule has 0 atom stereocenters. The number of rotatable bonds is 2. The molecule has 0 bridgehead atoms. The molecule has 18 heavy (non-hydrogen) atoms. The number of hydrogen-bond donors (Lipinski definition) is 0. The molecule has 0 radical (unpaired) electrons. The van der Waals surface area contributed by atoms with E-state index in [9.17, 15) is 0 Å². The molecule has 1 aliphatic rings. The zero-order chi connectivity index (χ0) is 12.4. The van der Waals surface area contributed by atoms with Crippen LogP contribution in [0, 0.1) is 0 Å². The summed E-state index contributed by atoms with van der Waals surface area (Å²) in [7, 11) is 0. The maximum Gasteiger partial charge on any atom is 0.193 e. The number of amidine groups is 1. The van der Waals surface area contributed by atoms with Crippen LogP contribution in [0.4, 0.5) is 0 Å². The van der Waals surface area contributed by atoms with Gasteiger partial charge in [-0.1, -0.05) is 60.7 Å². The molecule has 0 N–H and O–H groups in total. The van der Waals surface area contributed by atoms with Crippen LogP contribution in [0.5, 0.6) is 0 Å². The Labute approximate surface area is 114 Å². The molecule has 2 nitrogen and oxygen atoms in total. The molecule has 3 rings (SSSR count). The molecule has 0 spiro atoms. The minimum atomic E-state index is -0.499. The van der Waals surface area contributed by atoms with Crippen molar-refractivity contribution in [2.45, 2.75) is 5.54 Å². The monoisotopic (exact) mass is 298 g/mol. The van der Waals surface area contributed by atoms with E-state index in [1.807, 2.05) is 42.6 Å². The molecule has 2 aromatic rings. The average Bonchev–Trinajstić information content (AvgIpc) is 2.84. The van der Waals surface area contributed by atoms with Crippen LogP contribution in [0.25, 0.3) is 0 Å². The van der Waals surface area contributed by atoms with Gasteiger partial charge >= 0.3 is 0 Å². The molecule has 0 aliphatic carbocycles. The standard InChI is InChI=1S/C15H11BrN2/c16-14-17-11-15(18-14,12-7-3-1-4-8-12)13-9-5-2-6-10-13/h1-11H. The number of aliphatic imine (C=N–C) groups is 2. The van der Waals surface area contributed by atoms with Gasteiger partial charge in [0.05, 0.1) is 0 Å². The molecule has 2 aromatic carbocycles. The Hall–Kier alpha value is -1.74. The summed E-state index contributed by atoms with van der Waals surface area (Å²) in [4.78, 5) is 8.96. The van der Waals surface area contributed by atoms with E-state index in [-0.39, 0.29) is 0 Å². The van der Waals surface area contributed by atoms with E-state index in [2.05, 4.69) is 50.2 Å². The molecule has 0 saturated carbocycles. The Balaban J connectivity index is 2.22. The van der Waals surface area contributed by atoms with E-state index in [1.165, 1.54) is 0 Å². The van der Waals surface area contributed by atoms with E-state index >= 15 is 0 Å². The van der Waals surface area contributed by atoms with Crippen LogP contribution >= 0.6 is 15.9 Å². The highest BCUT2D eigenvalue weighted by Crippen LogP contribution is 2.35. The van der Waals surface area contributed by atoms with E-state index in [0.717, 1.165) is 11.1 Å². The first kappa shape index (κ1) is 11.4. The van der Waals surface area contributed by atoms with Gasteiger partial charge in [-0.3, -0.25) is 0 Å². The van der Waals surface area contributed by atoms with E-state index in [0.29, 0.717) is 4.74 Å². The molecule has 0 unspecified atom stereocenters. The van der Waals surface area contributed by atoms with Crippen molar-refractivity contribution >= 4 is 26.9 Å². The lowest BCUT2D eigenvalue weighted by Crippen LogP contribution is -2.25. The average molecular weight is 299 g/mol. The fraction of sp³-hybridized carbons (Fsp3) is 0.0667. The highest BCUT2D eigenvalue weighted by Gasteiger charge is 2.35. The van der Waals surface area contributed by atoms with Gasteiger partial charge in [-0.15, -0.1) is 0 Å². The summed E-state index contributed by atoms with van der Waals surface area (Å²) in [5.74, 6) is 0. The summed E-state index contributed by atoms with van der Waals surface area (Å²) in [5, 5.41) is 0. The topological polar surface area (TPSA) is 24.7 Å². The van der Waals surface area contributed by atoms with Gasteiger partial charge in [-0.2, -0.15) is 0 Å². The van der Waals surface area contributed by atoms with Crippen molar-refractivity contribution in [3.8, 4) is 0 Å². The Bertz CT molecular complexity index is 563. The van der Waals surface area contributed by atoms with Gasteiger partial charge in [0.2, 0.25) is 0 Å². The van der Waals surface area contributed by atoms with Crippen LogP contribution in [0.2, 0.25) is 0 Å². The number of halogens is 1. The maximum atomic E-state index is 4.67. The van der Waals surface area contributed by atoms with Crippen LogP contribution < -0.4 is 0 Å². The molecular formula is C15H11BrN2. The highest BCUT2D eigenvalue weighted by atomic mass is 79.9. The number of hydrogen-bond acceptors (Lipinski definition) is 2. The lowest BCUT2D eigenvalue weighted by atomic mass is 9.85. The zero-order valence-electron chi connectivity index (χ0n) is 9.62. The van der Waals surface area contributed by atoms with Crippen molar-refractivity contribution in [2.75, 3.05) is 0 Å². The number of nitrogens with zero attached hydrogens (tertiary/aromatic N) is 2. The fourth-order valence-corrected chi connectivity index (χ4v) is 2.56. The van der Waals surface area contributed by atoms with E-state index in [4.69, 9.17) is 0 Å². The maximum absolute atomic E-state index is 4.67. The first-order chi connectivity index (χ1) is 8.81. The summed E-state index contributed by atoms with van der Waals surface area (Å²) in [6, 6.07) is 20.4. The summed E-state index contributed by atoms with van der Waals surface area (Å²) < 4.78 is 0.634. The van der Waals surface area contributed by atoms with Crippen LogP contribution in [-0.4, -0.2) is 11.0 Å². The largest absolute Gasteiger partial charge is 0.238 e. The molecule has 0 amide bonds. The van der Waals surface area contributed by atoms with Crippen molar-refractivity contribution < 1.29 is 0 Å². The third kappa shape index (κ3) is 1.81. The lowest BCUT2D eigenvalue weighted by molar-refractivity contribution is 0.764. The molecule has 1 aliphatic heterocycles. The SMILES string of the molecule is BrC1=NC(c2ccccc2)(c2ccccc2)C=N1. The quantitative estimate of drug-likeness (QED) is 0.754. The van der Waals surface area contributed by atoms with Gasteiger partial charge in [0.25, 0.3) is 0 Å². The summed E-state index contributed by atoms with van der Waals surface area (Å²) in [6.07, 6.45) is 1.89. The summed E-state index contributed by atoms with van der Waals surface area (Å²) in [5.41, 5.74) is 1.74. The first-order valence-corrected chi connectivity index (χ1v) is 6.52. The summed E-state index contributed by atoms with van der Waals surface area (Å²) >= 11 is 3.36. The first-order valence-electron chi connectivity index (χ1n) is 5.73. The predicted molar refractivity (Wildman–Crippen MR) is 78.5 cm³/mol. The summed E-state index contributed by atoms with van der Waals surface area (Å²) in [6.45, 7) is 0. The van der Waals surface area contributed by atoms with Crippen molar-refractivity contribution in [1.82, 2.24) is 0 Å². The molecule has 0 aromatic heterocycles. The van der Waals surface area contributed by atoms with E-state index in [1.54, 1.807) is 0 Å². The lowest BCUT2D eigenvalue weighted by Gasteiger charge is -2.23. The molecule has 0 fully saturated rings. The normalized spacial score (nSPS) is 16.6. The minimum absolute atomic E-state index is 0.499. The molecular weight excluding hydrogens is 288 g/mol. The zero-order valence-corrected chi connectivity index (χ0v) is 11.2. The van der Waals surface area contributed by atoms with Gasteiger partial charge < -0.3 is 0 Å².